The van der Waals surface area contributed by atoms with Gasteiger partial charge in [0.2, 0.25) is 10.8 Å². The Bertz CT molecular complexity index is 1380. The standard InChI is InChI=1S/C22H14ClN5O3S/c23-15-8-6-14(7-9-15)19-11-10-17(30-19)12-24-26-22-25-18(13-32-22)20-21(29)31-27-28(20)16-4-2-1-3-5-16/h1-13H,(H-,25,26,27,29)/b24-12+. The molecule has 0 unspecified atom stereocenters. The smallest absolute Gasteiger partial charge is 0.289 e. The molecule has 0 saturated carbocycles. The van der Waals surface area contributed by atoms with Crippen molar-refractivity contribution in [3.05, 3.63) is 82.9 Å². The number of nitrogens with one attached hydrogen (secondary N) is 1. The Morgan fingerprint density at radius 2 is 1.88 bits per heavy atom. The molecule has 5 rings (SSSR count). The monoisotopic (exact) mass is 463 g/mol. The molecule has 0 fully saturated rings. The summed E-state index contributed by atoms with van der Waals surface area (Å²) in [7, 11) is 0. The predicted octanol–water partition coefficient (Wildman–Crippen LogP) is 4.51. The summed E-state index contributed by atoms with van der Waals surface area (Å²) in [6.07, 6.45) is 1.54. The second-order valence-corrected chi connectivity index (χ2v) is 7.87. The summed E-state index contributed by atoms with van der Waals surface area (Å²) in [6.45, 7) is 0. The van der Waals surface area contributed by atoms with E-state index in [1.165, 1.54) is 16.0 Å². The molecular formula is C22H14ClN5O3S. The molecule has 0 amide bonds. The molecular weight excluding hydrogens is 450 g/mol. The molecule has 3 aromatic heterocycles. The van der Waals surface area contributed by atoms with E-state index in [0.717, 1.165) is 5.56 Å². The van der Waals surface area contributed by atoms with E-state index >= 15 is 0 Å². The SMILES string of the molecule is [O-]c1on[n+](-c2ccccc2)c1-c1csc(N/N=C/c2ccc(-c3ccc(Cl)cc3)o2)n1. The number of rotatable bonds is 6. The summed E-state index contributed by atoms with van der Waals surface area (Å²) in [5, 5.41) is 23.1. The van der Waals surface area contributed by atoms with Crippen LogP contribution < -0.4 is 15.2 Å². The van der Waals surface area contributed by atoms with Gasteiger partial charge in [0, 0.05) is 28.1 Å². The lowest BCUT2D eigenvalue weighted by Gasteiger charge is -1.96. The summed E-state index contributed by atoms with van der Waals surface area (Å²) in [5.41, 5.74) is 5.14. The number of nitrogens with zero attached hydrogens (tertiary/aromatic N) is 4. The highest BCUT2D eigenvalue weighted by molar-refractivity contribution is 7.14. The van der Waals surface area contributed by atoms with Crippen molar-refractivity contribution in [3.8, 4) is 34.3 Å². The Hall–Kier alpha value is -3.95. The van der Waals surface area contributed by atoms with Crippen molar-refractivity contribution < 1.29 is 18.7 Å². The van der Waals surface area contributed by atoms with Crippen LogP contribution in [0, 0.1) is 0 Å². The number of halogens is 1. The fraction of sp³-hybridized carbons (Fsp3) is 0. The van der Waals surface area contributed by atoms with Crippen molar-refractivity contribution in [2.24, 2.45) is 5.10 Å². The minimum Gasteiger partial charge on any atom is -0.539 e. The first kappa shape index (κ1) is 20.0. The largest absolute Gasteiger partial charge is 0.539 e. The minimum absolute atomic E-state index is 0.239. The van der Waals surface area contributed by atoms with Gasteiger partial charge in [-0.3, -0.25) is 5.43 Å². The van der Waals surface area contributed by atoms with Gasteiger partial charge in [0.15, 0.2) is 11.6 Å². The first-order valence-corrected chi connectivity index (χ1v) is 10.7. The van der Waals surface area contributed by atoms with Crippen molar-refractivity contribution >= 4 is 34.3 Å². The van der Waals surface area contributed by atoms with Gasteiger partial charge < -0.3 is 14.0 Å². The van der Waals surface area contributed by atoms with Crippen LogP contribution in [0.5, 0.6) is 5.95 Å². The Labute approximate surface area is 191 Å². The number of benzene rings is 2. The second-order valence-electron chi connectivity index (χ2n) is 6.57. The molecule has 32 heavy (non-hydrogen) atoms. The van der Waals surface area contributed by atoms with Crippen LogP contribution in [0.3, 0.4) is 0 Å². The van der Waals surface area contributed by atoms with E-state index in [2.05, 4.69) is 20.8 Å². The number of thiazole rings is 1. The number of hydrogen-bond acceptors (Lipinski definition) is 8. The van der Waals surface area contributed by atoms with Crippen LogP contribution in [0.15, 0.2) is 86.2 Å². The van der Waals surface area contributed by atoms with Crippen molar-refractivity contribution in [2.75, 3.05) is 5.43 Å². The van der Waals surface area contributed by atoms with Crippen molar-refractivity contribution in [1.29, 1.82) is 0 Å². The fourth-order valence-corrected chi connectivity index (χ4v) is 3.75. The lowest BCUT2D eigenvalue weighted by atomic mass is 10.2. The van der Waals surface area contributed by atoms with E-state index in [1.807, 2.05) is 54.6 Å². The van der Waals surface area contributed by atoms with Gasteiger partial charge in [-0.1, -0.05) is 29.8 Å². The average molecular weight is 464 g/mol. The highest BCUT2D eigenvalue weighted by Gasteiger charge is 2.24. The minimum atomic E-state index is -0.570. The summed E-state index contributed by atoms with van der Waals surface area (Å²) < 4.78 is 12.0. The maximum Gasteiger partial charge on any atom is 0.289 e. The van der Waals surface area contributed by atoms with Crippen LogP contribution in [-0.4, -0.2) is 16.5 Å². The van der Waals surface area contributed by atoms with Gasteiger partial charge in [0.1, 0.15) is 11.5 Å². The third-order valence-electron chi connectivity index (χ3n) is 4.47. The second kappa shape index (κ2) is 8.66. The summed E-state index contributed by atoms with van der Waals surface area (Å²) in [6, 6.07) is 20.3. The van der Waals surface area contributed by atoms with Crippen LogP contribution >= 0.6 is 22.9 Å². The zero-order chi connectivity index (χ0) is 21.9. The van der Waals surface area contributed by atoms with Gasteiger partial charge >= 0.3 is 0 Å². The fourth-order valence-electron chi connectivity index (χ4n) is 2.98. The Morgan fingerprint density at radius 3 is 2.69 bits per heavy atom. The number of furan rings is 1. The Balaban J connectivity index is 1.30. The zero-order valence-corrected chi connectivity index (χ0v) is 17.9. The topological polar surface area (TPSA) is 103 Å². The van der Waals surface area contributed by atoms with Crippen molar-refractivity contribution in [3.63, 3.8) is 0 Å². The average Bonchev–Trinajstić information content (AvgIpc) is 3.55. The van der Waals surface area contributed by atoms with E-state index < -0.39 is 5.95 Å². The van der Waals surface area contributed by atoms with Crippen LogP contribution in [-0.2, 0) is 0 Å². The van der Waals surface area contributed by atoms with Crippen LogP contribution in [0.4, 0.5) is 5.13 Å². The zero-order valence-electron chi connectivity index (χ0n) is 16.3. The summed E-state index contributed by atoms with van der Waals surface area (Å²) >= 11 is 7.22. The van der Waals surface area contributed by atoms with E-state index in [-0.39, 0.29) is 5.69 Å². The lowest BCUT2D eigenvalue weighted by Crippen LogP contribution is -2.34. The molecule has 0 atom stereocenters. The predicted molar refractivity (Wildman–Crippen MR) is 119 cm³/mol. The maximum atomic E-state index is 12.2. The molecule has 8 nitrogen and oxygen atoms in total. The Morgan fingerprint density at radius 1 is 1.06 bits per heavy atom. The molecule has 0 bridgehead atoms. The molecule has 0 aliphatic heterocycles. The molecule has 3 heterocycles. The number of anilines is 1. The Kier molecular flexibility index (Phi) is 5.40. The van der Waals surface area contributed by atoms with Crippen molar-refractivity contribution in [1.82, 2.24) is 10.3 Å². The van der Waals surface area contributed by atoms with Crippen LogP contribution in [0.1, 0.15) is 5.76 Å². The molecule has 2 aromatic carbocycles. The number of para-hydroxylation sites is 1. The first-order valence-electron chi connectivity index (χ1n) is 9.42. The molecule has 0 aliphatic carbocycles. The maximum absolute atomic E-state index is 12.2. The molecule has 0 spiro atoms. The van der Waals surface area contributed by atoms with Gasteiger partial charge in [0.25, 0.3) is 5.69 Å². The molecule has 0 saturated heterocycles. The highest BCUT2D eigenvalue weighted by atomic mass is 35.5. The van der Waals surface area contributed by atoms with Gasteiger partial charge in [-0.25, -0.2) is 4.98 Å². The molecule has 0 radical (unpaired) electrons. The lowest BCUT2D eigenvalue weighted by molar-refractivity contribution is -0.660. The summed E-state index contributed by atoms with van der Waals surface area (Å²) in [5.74, 6) is 0.710. The van der Waals surface area contributed by atoms with E-state index in [9.17, 15) is 5.11 Å². The van der Waals surface area contributed by atoms with E-state index in [1.54, 1.807) is 23.7 Å². The molecule has 5 aromatic rings. The van der Waals surface area contributed by atoms with Crippen LogP contribution in [0.25, 0.3) is 28.4 Å². The van der Waals surface area contributed by atoms with Gasteiger partial charge in [-0.05, 0) is 41.1 Å². The van der Waals surface area contributed by atoms with Crippen LogP contribution in [0.2, 0.25) is 5.02 Å². The van der Waals surface area contributed by atoms with E-state index in [4.69, 9.17) is 20.5 Å². The third-order valence-corrected chi connectivity index (χ3v) is 5.46. The number of aromatic nitrogens is 3. The number of hydrazone groups is 1. The van der Waals surface area contributed by atoms with Crippen molar-refractivity contribution in [2.45, 2.75) is 0 Å². The molecule has 10 heteroatoms. The third kappa shape index (κ3) is 4.11. The van der Waals surface area contributed by atoms with Gasteiger partial charge in [0.05, 0.1) is 11.5 Å². The molecule has 0 aliphatic rings. The van der Waals surface area contributed by atoms with Gasteiger partial charge in [-0.15, -0.1) is 11.3 Å². The van der Waals surface area contributed by atoms with Gasteiger partial charge in [-0.2, -0.15) is 5.10 Å². The number of hydrogen-bond donors (Lipinski definition) is 1. The highest BCUT2D eigenvalue weighted by Crippen LogP contribution is 2.28. The molecule has 1 N–H and O–H groups in total. The first-order chi connectivity index (χ1) is 15.7. The molecule has 158 valence electrons. The van der Waals surface area contributed by atoms with E-state index in [0.29, 0.717) is 33.1 Å². The quantitative estimate of drug-likeness (QED) is 0.226. The summed E-state index contributed by atoms with van der Waals surface area (Å²) in [4.78, 5) is 4.42. The normalized spacial score (nSPS) is 11.3.